The predicted molar refractivity (Wildman–Crippen MR) is 96.0 cm³/mol. The first kappa shape index (κ1) is 16.5. The number of benzene rings is 2. The van der Waals surface area contributed by atoms with E-state index in [0.717, 1.165) is 22.0 Å². The third kappa shape index (κ3) is 3.92. The van der Waals surface area contributed by atoms with Crippen LogP contribution in [0.4, 0.5) is 9.52 Å². The normalized spacial score (nSPS) is 10.8. The summed E-state index contributed by atoms with van der Waals surface area (Å²) in [6.07, 6.45) is 0. The molecule has 0 saturated carbocycles. The zero-order valence-electron chi connectivity index (χ0n) is 13.7. The molecule has 1 heterocycles. The fourth-order valence-electron chi connectivity index (χ4n) is 2.41. The fourth-order valence-corrected chi connectivity index (χ4v) is 3.32. The molecule has 0 fully saturated rings. The molecule has 124 valence electrons. The van der Waals surface area contributed by atoms with Gasteiger partial charge in [0.1, 0.15) is 11.6 Å². The molecule has 2 aromatic carbocycles. The Morgan fingerprint density at radius 1 is 0.958 bits per heavy atom. The van der Waals surface area contributed by atoms with E-state index in [2.05, 4.69) is 16.8 Å². The summed E-state index contributed by atoms with van der Waals surface area (Å²) < 4.78 is 13.1. The Hall–Kier alpha value is -2.40. The average molecular weight is 342 g/mol. The molecule has 0 atom stereocenters. The number of aryl methyl sites for hydroxylation is 2. The van der Waals surface area contributed by atoms with E-state index in [1.54, 1.807) is 35.6 Å². The number of aromatic hydroxyl groups is 1. The van der Waals surface area contributed by atoms with Gasteiger partial charge >= 0.3 is 0 Å². The smallest absolute Gasteiger partial charge is 0.186 e. The Bertz CT molecular complexity index is 745. The lowest BCUT2D eigenvalue weighted by atomic mass is 10.1. The molecule has 0 aliphatic carbocycles. The lowest BCUT2D eigenvalue weighted by molar-refractivity contribution is 0.475. The highest BCUT2D eigenvalue weighted by Gasteiger charge is 2.14. The van der Waals surface area contributed by atoms with Crippen LogP contribution in [0.25, 0.3) is 0 Å². The molecule has 0 unspecified atom stereocenters. The van der Waals surface area contributed by atoms with Crippen molar-refractivity contribution in [3.63, 3.8) is 0 Å². The van der Waals surface area contributed by atoms with Crippen LogP contribution in [0.15, 0.2) is 48.5 Å². The SMILES string of the molecule is Cc1nc(N(Cc2ccc(O)cc2)Cc2ccc(F)cc2)sc1C. The average Bonchev–Trinajstić information content (AvgIpc) is 2.90. The Labute approximate surface area is 145 Å². The van der Waals surface area contributed by atoms with Gasteiger partial charge in [0.05, 0.1) is 5.69 Å². The second-order valence-electron chi connectivity index (χ2n) is 5.79. The first-order valence-corrected chi connectivity index (χ1v) is 8.54. The molecule has 24 heavy (non-hydrogen) atoms. The molecule has 3 nitrogen and oxygen atoms in total. The second kappa shape index (κ2) is 7.01. The zero-order valence-corrected chi connectivity index (χ0v) is 14.5. The number of hydrogen-bond acceptors (Lipinski definition) is 4. The van der Waals surface area contributed by atoms with E-state index in [4.69, 9.17) is 0 Å². The van der Waals surface area contributed by atoms with E-state index in [1.807, 2.05) is 19.1 Å². The number of nitrogens with zero attached hydrogens (tertiary/aromatic N) is 2. The maximum atomic E-state index is 13.1. The molecule has 1 aromatic heterocycles. The number of phenolic OH excluding ortho intramolecular Hbond substituents is 1. The molecule has 0 aliphatic rings. The van der Waals surface area contributed by atoms with Crippen LogP contribution in [0, 0.1) is 19.7 Å². The number of phenols is 1. The third-order valence-electron chi connectivity index (χ3n) is 3.88. The van der Waals surface area contributed by atoms with Gasteiger partial charge in [0.15, 0.2) is 5.13 Å². The van der Waals surface area contributed by atoms with Crippen molar-refractivity contribution in [1.29, 1.82) is 0 Å². The number of anilines is 1. The van der Waals surface area contributed by atoms with Gasteiger partial charge in [-0.1, -0.05) is 24.3 Å². The molecule has 1 N–H and O–H groups in total. The van der Waals surface area contributed by atoms with Gasteiger partial charge in [-0.3, -0.25) is 0 Å². The van der Waals surface area contributed by atoms with E-state index in [1.165, 1.54) is 17.0 Å². The van der Waals surface area contributed by atoms with Gasteiger partial charge in [-0.15, -0.1) is 11.3 Å². The molecular formula is C19H19FN2OS. The maximum absolute atomic E-state index is 13.1. The van der Waals surface area contributed by atoms with Gasteiger partial charge in [-0.2, -0.15) is 0 Å². The Kier molecular flexibility index (Phi) is 4.81. The molecule has 0 amide bonds. The van der Waals surface area contributed by atoms with Crippen molar-refractivity contribution in [2.45, 2.75) is 26.9 Å². The zero-order chi connectivity index (χ0) is 17.1. The van der Waals surface area contributed by atoms with Crippen LogP contribution in [-0.4, -0.2) is 10.1 Å². The first-order chi connectivity index (χ1) is 11.5. The quantitative estimate of drug-likeness (QED) is 0.723. The highest BCUT2D eigenvalue weighted by molar-refractivity contribution is 7.15. The number of hydrogen-bond donors (Lipinski definition) is 1. The first-order valence-electron chi connectivity index (χ1n) is 7.72. The summed E-state index contributed by atoms with van der Waals surface area (Å²) in [4.78, 5) is 8.02. The van der Waals surface area contributed by atoms with Crippen molar-refractivity contribution in [1.82, 2.24) is 4.98 Å². The van der Waals surface area contributed by atoms with Crippen molar-refractivity contribution >= 4 is 16.5 Å². The second-order valence-corrected chi connectivity index (χ2v) is 6.97. The summed E-state index contributed by atoms with van der Waals surface area (Å²) in [7, 11) is 0. The molecule has 0 saturated heterocycles. The highest BCUT2D eigenvalue weighted by atomic mass is 32.1. The van der Waals surface area contributed by atoms with Crippen LogP contribution in [0.3, 0.4) is 0 Å². The highest BCUT2D eigenvalue weighted by Crippen LogP contribution is 2.28. The van der Waals surface area contributed by atoms with Crippen LogP contribution in [0.1, 0.15) is 21.7 Å². The van der Waals surface area contributed by atoms with Crippen molar-refractivity contribution in [2.75, 3.05) is 4.90 Å². The molecule has 0 spiro atoms. The molecule has 3 aromatic rings. The van der Waals surface area contributed by atoms with Crippen LogP contribution in [0.5, 0.6) is 5.75 Å². The minimum absolute atomic E-state index is 0.232. The Balaban J connectivity index is 1.87. The molecule has 3 rings (SSSR count). The summed E-state index contributed by atoms with van der Waals surface area (Å²) in [5, 5.41) is 10.4. The van der Waals surface area contributed by atoms with Crippen molar-refractivity contribution in [3.05, 3.63) is 76.0 Å². The molecular weight excluding hydrogens is 323 g/mol. The number of halogens is 1. The topological polar surface area (TPSA) is 36.4 Å². The summed E-state index contributed by atoms with van der Waals surface area (Å²) in [6, 6.07) is 13.7. The van der Waals surface area contributed by atoms with Crippen molar-refractivity contribution in [2.24, 2.45) is 0 Å². The van der Waals surface area contributed by atoms with Crippen LogP contribution in [-0.2, 0) is 13.1 Å². The van der Waals surface area contributed by atoms with Gasteiger partial charge in [0, 0.05) is 18.0 Å². The summed E-state index contributed by atoms with van der Waals surface area (Å²) in [6.45, 7) is 5.39. The van der Waals surface area contributed by atoms with E-state index < -0.39 is 0 Å². The monoisotopic (exact) mass is 342 g/mol. The van der Waals surface area contributed by atoms with Crippen molar-refractivity contribution in [3.8, 4) is 5.75 Å². The van der Waals surface area contributed by atoms with Gasteiger partial charge in [0.2, 0.25) is 0 Å². The lowest BCUT2D eigenvalue weighted by Crippen LogP contribution is -2.22. The number of rotatable bonds is 5. The van der Waals surface area contributed by atoms with E-state index in [-0.39, 0.29) is 11.6 Å². The van der Waals surface area contributed by atoms with E-state index in [0.29, 0.717) is 13.1 Å². The number of thiazole rings is 1. The summed E-state index contributed by atoms with van der Waals surface area (Å²) in [5.41, 5.74) is 3.14. The van der Waals surface area contributed by atoms with Gasteiger partial charge < -0.3 is 10.0 Å². The standard InChI is InChI=1S/C19H19FN2OS/c1-13-14(2)24-19(21-13)22(11-15-3-7-17(20)8-4-15)12-16-5-9-18(23)10-6-16/h3-10,23H,11-12H2,1-2H3. The van der Waals surface area contributed by atoms with Gasteiger partial charge in [0.25, 0.3) is 0 Å². The van der Waals surface area contributed by atoms with Crippen LogP contribution < -0.4 is 4.90 Å². The Morgan fingerprint density at radius 3 is 2.00 bits per heavy atom. The summed E-state index contributed by atoms with van der Waals surface area (Å²) in [5.74, 6) is 0.0227. The number of aromatic nitrogens is 1. The minimum Gasteiger partial charge on any atom is -0.508 e. The van der Waals surface area contributed by atoms with Crippen molar-refractivity contribution < 1.29 is 9.50 Å². The maximum Gasteiger partial charge on any atom is 0.186 e. The van der Waals surface area contributed by atoms with E-state index in [9.17, 15) is 9.50 Å². The molecule has 0 bridgehead atoms. The largest absolute Gasteiger partial charge is 0.508 e. The summed E-state index contributed by atoms with van der Waals surface area (Å²) >= 11 is 1.66. The third-order valence-corrected chi connectivity index (χ3v) is 5.02. The van der Waals surface area contributed by atoms with Gasteiger partial charge in [-0.25, -0.2) is 9.37 Å². The van der Waals surface area contributed by atoms with Gasteiger partial charge in [-0.05, 0) is 49.2 Å². The fraction of sp³-hybridized carbons (Fsp3) is 0.211. The van der Waals surface area contributed by atoms with Crippen LogP contribution >= 0.6 is 11.3 Å². The minimum atomic E-state index is -0.232. The predicted octanol–water partition coefficient (Wildman–Crippen LogP) is 4.81. The molecule has 0 radical (unpaired) electrons. The Morgan fingerprint density at radius 2 is 1.50 bits per heavy atom. The molecule has 0 aliphatic heterocycles. The van der Waals surface area contributed by atoms with E-state index >= 15 is 0 Å². The van der Waals surface area contributed by atoms with Crippen LogP contribution in [0.2, 0.25) is 0 Å². The lowest BCUT2D eigenvalue weighted by Gasteiger charge is -2.22. The molecule has 5 heteroatoms.